The van der Waals surface area contributed by atoms with Crippen molar-refractivity contribution in [2.45, 2.75) is 30.9 Å². The van der Waals surface area contributed by atoms with E-state index in [0.717, 1.165) is 5.56 Å². The first-order chi connectivity index (χ1) is 15.3. The topological polar surface area (TPSA) is 88.1 Å². The third kappa shape index (κ3) is 5.08. The maximum atomic E-state index is 13.4. The summed E-state index contributed by atoms with van der Waals surface area (Å²) in [4.78, 5) is 0.0774. The van der Waals surface area contributed by atoms with E-state index in [1.54, 1.807) is 26.2 Å². The van der Waals surface area contributed by atoms with Gasteiger partial charge >= 0.3 is 0 Å². The minimum atomic E-state index is -3.86. The lowest BCUT2D eigenvalue weighted by Crippen LogP contribution is -2.49. The fourth-order valence-corrected chi connectivity index (χ4v) is 5.46. The van der Waals surface area contributed by atoms with E-state index in [9.17, 15) is 13.5 Å². The Bertz CT molecular complexity index is 1110. The van der Waals surface area contributed by atoms with Gasteiger partial charge in [-0.3, -0.25) is 0 Å². The van der Waals surface area contributed by atoms with Gasteiger partial charge in [0.15, 0.2) is 0 Å². The van der Waals surface area contributed by atoms with Crippen LogP contribution in [0.1, 0.15) is 25.0 Å². The quantitative estimate of drug-likeness (QED) is 0.667. The van der Waals surface area contributed by atoms with Crippen molar-refractivity contribution in [1.29, 1.82) is 0 Å². The Hall–Kier alpha value is -2.57. The van der Waals surface area contributed by atoms with Crippen molar-refractivity contribution in [3.05, 3.63) is 53.6 Å². The first kappa shape index (κ1) is 24.1. The number of nitrogens with zero attached hydrogens (tertiary/aromatic N) is 1. The molecule has 0 unspecified atom stereocenters. The summed E-state index contributed by atoms with van der Waals surface area (Å²) >= 11 is 0. The molecular formula is C24H30N2O5S. The highest BCUT2D eigenvalue weighted by Gasteiger charge is 2.37. The van der Waals surface area contributed by atoms with Gasteiger partial charge in [-0.2, -0.15) is 4.31 Å². The molecule has 7 nitrogen and oxygen atoms in total. The molecule has 2 N–H and O–H groups in total. The van der Waals surface area contributed by atoms with Crippen molar-refractivity contribution in [2.24, 2.45) is 5.92 Å². The number of aliphatic hydroxyl groups is 1. The van der Waals surface area contributed by atoms with Gasteiger partial charge in [-0.25, -0.2) is 8.42 Å². The summed E-state index contributed by atoms with van der Waals surface area (Å²) in [6.45, 7) is 4.20. The molecule has 0 amide bonds. The lowest BCUT2D eigenvalue weighted by atomic mass is 10.0. The predicted octanol–water partition coefficient (Wildman–Crippen LogP) is 2.08. The van der Waals surface area contributed by atoms with E-state index in [0.29, 0.717) is 17.9 Å². The Kier molecular flexibility index (Phi) is 7.80. The summed E-state index contributed by atoms with van der Waals surface area (Å²) in [5.41, 5.74) is 1.36. The second-order valence-corrected chi connectivity index (χ2v) is 9.77. The van der Waals surface area contributed by atoms with Crippen LogP contribution >= 0.6 is 0 Å². The number of methoxy groups -OCH3 is 1. The molecule has 3 rings (SSSR count). The largest absolute Gasteiger partial charge is 0.495 e. The maximum Gasteiger partial charge on any atom is 0.247 e. The van der Waals surface area contributed by atoms with E-state index in [2.05, 4.69) is 17.2 Å². The minimum absolute atomic E-state index is 0.0774. The van der Waals surface area contributed by atoms with Crippen LogP contribution in [0.15, 0.2) is 47.4 Å². The summed E-state index contributed by atoms with van der Waals surface area (Å²) in [5, 5.41) is 12.8. The molecule has 1 aliphatic rings. The Morgan fingerprint density at radius 3 is 2.72 bits per heavy atom. The van der Waals surface area contributed by atoms with Crippen LogP contribution in [-0.2, 0) is 10.0 Å². The van der Waals surface area contributed by atoms with Gasteiger partial charge in [-0.15, -0.1) is 0 Å². The van der Waals surface area contributed by atoms with Crippen LogP contribution in [0.4, 0.5) is 0 Å². The number of aliphatic hydroxyl groups excluding tert-OH is 1. The zero-order valence-corrected chi connectivity index (χ0v) is 19.6. The van der Waals surface area contributed by atoms with Crippen molar-refractivity contribution in [1.82, 2.24) is 9.62 Å². The Morgan fingerprint density at radius 1 is 1.28 bits per heavy atom. The number of hydrogen-bond donors (Lipinski definition) is 2. The Morgan fingerprint density at radius 2 is 2.03 bits per heavy atom. The van der Waals surface area contributed by atoms with Crippen molar-refractivity contribution in [3.8, 4) is 23.3 Å². The van der Waals surface area contributed by atoms with E-state index >= 15 is 0 Å². The smallest absolute Gasteiger partial charge is 0.247 e. The highest BCUT2D eigenvalue weighted by Crippen LogP contribution is 2.34. The van der Waals surface area contributed by atoms with Crippen LogP contribution in [0.25, 0.3) is 0 Å². The second kappa shape index (κ2) is 10.4. The monoisotopic (exact) mass is 458 g/mol. The van der Waals surface area contributed by atoms with E-state index in [1.807, 2.05) is 38.2 Å². The molecule has 2 aromatic rings. The third-order valence-corrected chi connectivity index (χ3v) is 7.54. The number of fused-ring (bicyclic) bond motifs is 1. The second-order valence-electron chi connectivity index (χ2n) is 7.91. The first-order valence-electron chi connectivity index (χ1n) is 10.5. The molecule has 2 aromatic carbocycles. The van der Waals surface area contributed by atoms with Crippen LogP contribution in [0.3, 0.4) is 0 Å². The molecule has 1 heterocycles. The number of benzene rings is 2. The molecule has 0 saturated heterocycles. The van der Waals surface area contributed by atoms with Gasteiger partial charge < -0.3 is 19.9 Å². The number of rotatable bonds is 5. The predicted molar refractivity (Wildman–Crippen MR) is 123 cm³/mol. The summed E-state index contributed by atoms with van der Waals surface area (Å²) in [7, 11) is -0.441. The van der Waals surface area contributed by atoms with Gasteiger partial charge in [0.25, 0.3) is 0 Å². The number of hydrogen-bond acceptors (Lipinski definition) is 6. The number of nitrogens with one attached hydrogen (secondary N) is 1. The number of para-hydroxylation sites is 1. The summed E-state index contributed by atoms with van der Waals surface area (Å²) in [6.07, 6.45) is -0.250. The lowest BCUT2D eigenvalue weighted by molar-refractivity contribution is 0.103. The third-order valence-electron chi connectivity index (χ3n) is 5.52. The molecule has 0 bridgehead atoms. The average molecular weight is 459 g/mol. The Balaban J connectivity index is 2.08. The fourth-order valence-electron chi connectivity index (χ4n) is 3.64. The van der Waals surface area contributed by atoms with Gasteiger partial charge in [0.2, 0.25) is 10.0 Å². The first-order valence-corrected chi connectivity index (χ1v) is 12.0. The molecular weight excluding hydrogens is 428 g/mol. The van der Waals surface area contributed by atoms with Crippen molar-refractivity contribution in [2.75, 3.05) is 33.9 Å². The van der Waals surface area contributed by atoms with E-state index in [4.69, 9.17) is 9.47 Å². The molecule has 0 aromatic heterocycles. The lowest BCUT2D eigenvalue weighted by Gasteiger charge is -2.36. The van der Waals surface area contributed by atoms with E-state index < -0.39 is 16.1 Å². The van der Waals surface area contributed by atoms with Crippen LogP contribution in [0, 0.1) is 17.8 Å². The summed E-state index contributed by atoms with van der Waals surface area (Å²) in [6, 6.07) is 11.8. The van der Waals surface area contributed by atoms with Crippen LogP contribution in [0.2, 0.25) is 0 Å². The van der Waals surface area contributed by atoms with Crippen molar-refractivity contribution in [3.63, 3.8) is 0 Å². The standard InChI is InChI=1S/C24H30N2O5S/c1-17-15-26(18(2)16-27)32(28,29)24-12-10-19(13-22(24)31-23(17)14-25-3)9-11-20-7-5-6-8-21(20)30-4/h5-8,10,12-13,17-18,23,25,27H,14-16H2,1-4H3/t17-,18+,23+/m0/s1. The van der Waals surface area contributed by atoms with Gasteiger partial charge in [0.1, 0.15) is 22.5 Å². The zero-order valence-electron chi connectivity index (χ0n) is 18.8. The zero-order chi connectivity index (χ0) is 23.3. The van der Waals surface area contributed by atoms with Crippen molar-refractivity contribution < 1.29 is 23.0 Å². The molecule has 0 fully saturated rings. The maximum absolute atomic E-state index is 13.4. The fraction of sp³-hybridized carbons (Fsp3) is 0.417. The molecule has 3 atom stereocenters. The summed E-state index contributed by atoms with van der Waals surface area (Å²) < 4.78 is 39.8. The van der Waals surface area contributed by atoms with Crippen LogP contribution in [0.5, 0.6) is 11.5 Å². The number of sulfonamides is 1. The molecule has 0 radical (unpaired) electrons. The van der Waals surface area contributed by atoms with Crippen LogP contribution < -0.4 is 14.8 Å². The number of likely N-dealkylation sites (N-methyl/N-ethyl adjacent to an activating group) is 1. The van der Waals surface area contributed by atoms with Gasteiger partial charge in [0.05, 0.1) is 19.3 Å². The molecule has 172 valence electrons. The molecule has 32 heavy (non-hydrogen) atoms. The molecule has 0 aliphatic carbocycles. The Labute approximate surface area is 190 Å². The molecule has 0 saturated carbocycles. The van der Waals surface area contributed by atoms with Crippen LogP contribution in [-0.4, -0.2) is 63.8 Å². The minimum Gasteiger partial charge on any atom is -0.495 e. The number of ether oxygens (including phenoxy) is 2. The van der Waals surface area contributed by atoms with E-state index in [1.165, 1.54) is 10.4 Å². The highest BCUT2D eigenvalue weighted by atomic mass is 32.2. The highest BCUT2D eigenvalue weighted by molar-refractivity contribution is 7.89. The average Bonchev–Trinajstić information content (AvgIpc) is 2.79. The summed E-state index contributed by atoms with van der Waals surface area (Å²) in [5.74, 6) is 7.00. The van der Waals surface area contributed by atoms with Crippen molar-refractivity contribution >= 4 is 10.0 Å². The molecule has 1 aliphatic heterocycles. The normalized spacial score (nSPS) is 21.2. The SMILES string of the molecule is CNC[C@H]1Oc2cc(C#Cc3ccccc3OC)ccc2S(=O)(=O)N([C@H](C)CO)C[C@@H]1C. The van der Waals surface area contributed by atoms with E-state index in [-0.39, 0.29) is 35.8 Å². The molecule has 8 heteroatoms. The molecule has 0 spiro atoms. The van der Waals surface area contributed by atoms with Gasteiger partial charge in [-0.1, -0.05) is 30.9 Å². The van der Waals surface area contributed by atoms with Gasteiger partial charge in [-0.05, 0) is 44.3 Å². The van der Waals surface area contributed by atoms with Gasteiger partial charge in [0, 0.05) is 30.6 Å².